The highest BCUT2D eigenvalue weighted by Crippen LogP contribution is 2.22. The van der Waals surface area contributed by atoms with Crippen LogP contribution in [0, 0.1) is 0 Å². The maximum Gasteiger partial charge on any atom is 0.338 e. The first kappa shape index (κ1) is 19.7. The van der Waals surface area contributed by atoms with Gasteiger partial charge < -0.3 is 14.4 Å². The summed E-state index contributed by atoms with van der Waals surface area (Å²) in [4.78, 5) is 14.1. The minimum atomic E-state index is -0.337. The van der Waals surface area contributed by atoms with Crippen LogP contribution in [0.25, 0.3) is 12.2 Å². The summed E-state index contributed by atoms with van der Waals surface area (Å²) in [6.45, 7) is 1.76. The molecule has 0 fully saturated rings. The number of carbonyl (C=O) groups excluding carboxylic acids is 1. The van der Waals surface area contributed by atoms with Gasteiger partial charge in [-0.1, -0.05) is 48.6 Å². The molecule has 0 unspecified atom stereocenters. The first-order valence-corrected chi connectivity index (χ1v) is 8.84. The van der Waals surface area contributed by atoms with Gasteiger partial charge >= 0.3 is 5.97 Å². The second kappa shape index (κ2) is 10.4. The lowest BCUT2D eigenvalue weighted by Gasteiger charge is -2.11. The summed E-state index contributed by atoms with van der Waals surface area (Å²) in [7, 11) is 5.54. The summed E-state index contributed by atoms with van der Waals surface area (Å²) in [6.07, 6.45) is 6.01. The Morgan fingerprint density at radius 1 is 0.962 bits per heavy atom. The van der Waals surface area contributed by atoms with Crippen LogP contribution in [0.15, 0.2) is 48.5 Å². The first-order valence-electron chi connectivity index (χ1n) is 8.84. The fourth-order valence-electron chi connectivity index (χ4n) is 2.58. The van der Waals surface area contributed by atoms with Crippen molar-refractivity contribution in [3.8, 4) is 5.75 Å². The number of hydrogen-bond acceptors (Lipinski definition) is 4. The Balaban J connectivity index is 2.06. The van der Waals surface area contributed by atoms with E-state index in [0.29, 0.717) is 12.2 Å². The van der Waals surface area contributed by atoms with E-state index in [1.165, 1.54) is 7.11 Å². The lowest BCUT2D eigenvalue weighted by Crippen LogP contribution is -2.13. The molecule has 0 aromatic heterocycles. The molecule has 0 aliphatic carbocycles. The molecule has 2 aromatic carbocycles. The van der Waals surface area contributed by atoms with Crippen LogP contribution in [-0.4, -0.2) is 45.2 Å². The second-order valence-corrected chi connectivity index (χ2v) is 6.31. The van der Waals surface area contributed by atoms with Crippen LogP contribution in [0.1, 0.15) is 34.3 Å². The van der Waals surface area contributed by atoms with Gasteiger partial charge in [0, 0.05) is 5.56 Å². The Kier molecular flexibility index (Phi) is 7.90. The molecule has 0 heterocycles. The molecule has 4 heteroatoms. The van der Waals surface area contributed by atoms with Crippen LogP contribution in [0.5, 0.6) is 5.75 Å². The Morgan fingerprint density at radius 3 is 2.35 bits per heavy atom. The SMILES string of the molecule is COC(=O)c1ccccc1C=Cc1ccccc1OCCCCN(C)C. The molecule has 0 N–H and O–H groups in total. The number of nitrogens with zero attached hydrogens (tertiary/aromatic N) is 1. The quantitative estimate of drug-likeness (QED) is 0.381. The molecule has 4 nitrogen and oxygen atoms in total. The van der Waals surface area contributed by atoms with Gasteiger partial charge in [0.2, 0.25) is 0 Å². The molecule has 2 aromatic rings. The van der Waals surface area contributed by atoms with Gasteiger partial charge in [0.15, 0.2) is 0 Å². The van der Waals surface area contributed by atoms with Crippen molar-refractivity contribution in [3.05, 3.63) is 65.2 Å². The van der Waals surface area contributed by atoms with E-state index in [9.17, 15) is 4.79 Å². The van der Waals surface area contributed by atoms with Gasteiger partial charge in [0.05, 0.1) is 19.3 Å². The normalized spacial score (nSPS) is 11.1. The molecular formula is C22H27NO3. The number of ether oxygens (including phenoxy) is 2. The van der Waals surface area contributed by atoms with Crippen molar-refractivity contribution in [1.29, 1.82) is 0 Å². The van der Waals surface area contributed by atoms with Crippen molar-refractivity contribution in [1.82, 2.24) is 4.90 Å². The topological polar surface area (TPSA) is 38.8 Å². The third-order valence-electron chi connectivity index (χ3n) is 3.98. The van der Waals surface area contributed by atoms with Gasteiger partial charge in [0.1, 0.15) is 5.75 Å². The number of hydrogen-bond donors (Lipinski definition) is 0. The van der Waals surface area contributed by atoms with Crippen LogP contribution in [0.2, 0.25) is 0 Å². The van der Waals surface area contributed by atoms with E-state index in [2.05, 4.69) is 19.0 Å². The maximum absolute atomic E-state index is 11.9. The zero-order valence-corrected chi connectivity index (χ0v) is 15.8. The predicted molar refractivity (Wildman–Crippen MR) is 106 cm³/mol. The van der Waals surface area contributed by atoms with E-state index in [1.807, 2.05) is 54.6 Å². The molecule has 0 spiro atoms. The molecule has 0 amide bonds. The molecular weight excluding hydrogens is 326 g/mol. The highest BCUT2D eigenvalue weighted by atomic mass is 16.5. The molecule has 0 saturated heterocycles. The fourth-order valence-corrected chi connectivity index (χ4v) is 2.58. The fraction of sp³-hybridized carbons (Fsp3) is 0.318. The summed E-state index contributed by atoms with van der Waals surface area (Å²) in [5.74, 6) is 0.514. The molecule has 0 atom stereocenters. The Hall–Kier alpha value is -2.59. The lowest BCUT2D eigenvalue weighted by molar-refractivity contribution is 0.0600. The summed E-state index contributed by atoms with van der Waals surface area (Å²) in [5, 5.41) is 0. The van der Waals surface area contributed by atoms with E-state index < -0.39 is 0 Å². The lowest BCUT2D eigenvalue weighted by atomic mass is 10.1. The third kappa shape index (κ3) is 6.05. The number of carbonyl (C=O) groups is 1. The Morgan fingerprint density at radius 2 is 1.62 bits per heavy atom. The first-order chi connectivity index (χ1) is 12.6. The standard InChI is InChI=1S/C22H27NO3/c1-23(2)16-8-9-17-26-21-13-7-5-11-19(21)15-14-18-10-4-6-12-20(18)22(24)25-3/h4-7,10-15H,8-9,16-17H2,1-3H3. The van der Waals surface area contributed by atoms with Crippen LogP contribution in [-0.2, 0) is 4.74 Å². The molecule has 138 valence electrons. The predicted octanol–water partition coefficient (Wildman–Crippen LogP) is 4.36. The van der Waals surface area contributed by atoms with Crippen LogP contribution < -0.4 is 4.74 Å². The largest absolute Gasteiger partial charge is 0.493 e. The smallest absolute Gasteiger partial charge is 0.338 e. The average molecular weight is 353 g/mol. The molecule has 0 radical (unpaired) electrons. The number of rotatable bonds is 9. The third-order valence-corrected chi connectivity index (χ3v) is 3.98. The number of unbranched alkanes of at least 4 members (excludes halogenated alkanes) is 1. The van der Waals surface area contributed by atoms with Gasteiger partial charge in [-0.3, -0.25) is 0 Å². The van der Waals surface area contributed by atoms with E-state index in [-0.39, 0.29) is 5.97 Å². The molecule has 0 aliphatic rings. The van der Waals surface area contributed by atoms with Crippen LogP contribution in [0.4, 0.5) is 0 Å². The summed E-state index contributed by atoms with van der Waals surface area (Å²) in [5.41, 5.74) is 2.35. The number of methoxy groups -OCH3 is 1. The highest BCUT2D eigenvalue weighted by Gasteiger charge is 2.08. The zero-order chi connectivity index (χ0) is 18.8. The van der Waals surface area contributed by atoms with Crippen molar-refractivity contribution >= 4 is 18.1 Å². The van der Waals surface area contributed by atoms with Gasteiger partial charge in [-0.05, 0) is 51.2 Å². The summed E-state index contributed by atoms with van der Waals surface area (Å²) >= 11 is 0. The zero-order valence-electron chi connectivity index (χ0n) is 15.8. The number of benzene rings is 2. The van der Waals surface area contributed by atoms with E-state index >= 15 is 0 Å². The molecule has 0 aliphatic heterocycles. The van der Waals surface area contributed by atoms with Gasteiger partial charge in [-0.15, -0.1) is 0 Å². The van der Waals surface area contributed by atoms with Gasteiger partial charge in [0.25, 0.3) is 0 Å². The van der Waals surface area contributed by atoms with Crippen molar-refractivity contribution < 1.29 is 14.3 Å². The molecule has 0 bridgehead atoms. The minimum Gasteiger partial charge on any atom is -0.493 e. The summed E-state index contributed by atoms with van der Waals surface area (Å²) < 4.78 is 10.8. The maximum atomic E-state index is 11.9. The van der Waals surface area contributed by atoms with Gasteiger partial charge in [-0.2, -0.15) is 0 Å². The van der Waals surface area contributed by atoms with E-state index in [1.54, 1.807) is 6.07 Å². The minimum absolute atomic E-state index is 0.337. The molecule has 0 saturated carbocycles. The van der Waals surface area contributed by atoms with E-state index in [0.717, 1.165) is 36.3 Å². The monoisotopic (exact) mass is 353 g/mol. The second-order valence-electron chi connectivity index (χ2n) is 6.31. The van der Waals surface area contributed by atoms with Crippen LogP contribution >= 0.6 is 0 Å². The Labute approximate surface area is 156 Å². The highest BCUT2D eigenvalue weighted by molar-refractivity contribution is 5.94. The van der Waals surface area contributed by atoms with Crippen molar-refractivity contribution in [3.63, 3.8) is 0 Å². The van der Waals surface area contributed by atoms with Gasteiger partial charge in [-0.25, -0.2) is 4.79 Å². The average Bonchev–Trinajstić information content (AvgIpc) is 2.66. The number of esters is 1. The molecule has 2 rings (SSSR count). The number of para-hydroxylation sites is 1. The Bertz CT molecular complexity index is 738. The summed E-state index contributed by atoms with van der Waals surface area (Å²) in [6, 6.07) is 15.3. The van der Waals surface area contributed by atoms with Crippen molar-refractivity contribution in [2.24, 2.45) is 0 Å². The van der Waals surface area contributed by atoms with Crippen molar-refractivity contribution in [2.75, 3.05) is 34.4 Å². The molecule has 26 heavy (non-hydrogen) atoms. The van der Waals surface area contributed by atoms with E-state index in [4.69, 9.17) is 9.47 Å². The van der Waals surface area contributed by atoms with Crippen molar-refractivity contribution in [2.45, 2.75) is 12.8 Å². The van der Waals surface area contributed by atoms with Crippen LogP contribution in [0.3, 0.4) is 0 Å².